The Kier molecular flexibility index (Phi) is 5.08. The molecule has 0 aromatic heterocycles. The zero-order valence-electron chi connectivity index (χ0n) is 11.7. The van der Waals surface area contributed by atoms with Gasteiger partial charge in [-0.25, -0.2) is 0 Å². The normalized spacial score (nSPS) is 21.5. The number of hydrogen-bond donors (Lipinski definition) is 1. The molecule has 1 heterocycles. The van der Waals surface area contributed by atoms with Gasteiger partial charge in [0.25, 0.3) is 0 Å². The molecule has 106 valence electrons. The molecule has 1 aromatic rings. The lowest BCUT2D eigenvalue weighted by Crippen LogP contribution is -2.42. The van der Waals surface area contributed by atoms with Crippen LogP contribution in [0.2, 0.25) is 5.02 Å². The Morgan fingerprint density at radius 1 is 1.53 bits per heavy atom. The van der Waals surface area contributed by atoms with E-state index in [1.54, 1.807) is 0 Å². The number of nitrogens with zero attached hydrogens (tertiary/aromatic N) is 1. The predicted molar refractivity (Wildman–Crippen MR) is 81.0 cm³/mol. The zero-order chi connectivity index (χ0) is 13.8. The van der Waals surface area contributed by atoms with E-state index in [-0.39, 0.29) is 6.04 Å². The lowest BCUT2D eigenvalue weighted by Gasteiger charge is -2.34. The summed E-state index contributed by atoms with van der Waals surface area (Å²) in [5.41, 5.74) is 8.13. The van der Waals surface area contributed by atoms with Crippen molar-refractivity contribution in [1.82, 2.24) is 0 Å². The van der Waals surface area contributed by atoms with Gasteiger partial charge in [-0.15, -0.1) is 0 Å². The summed E-state index contributed by atoms with van der Waals surface area (Å²) in [5, 5.41) is 0.815. The molecule has 1 saturated heterocycles. The Hall–Kier alpha value is -0.770. The van der Waals surface area contributed by atoms with Crippen LogP contribution in [-0.4, -0.2) is 31.8 Å². The van der Waals surface area contributed by atoms with Crippen LogP contribution in [-0.2, 0) is 11.2 Å². The van der Waals surface area contributed by atoms with Crippen molar-refractivity contribution in [3.8, 4) is 0 Å². The van der Waals surface area contributed by atoms with Crippen LogP contribution in [0, 0.1) is 0 Å². The van der Waals surface area contributed by atoms with Gasteiger partial charge in [-0.2, -0.15) is 0 Å². The second-order valence-electron chi connectivity index (χ2n) is 5.31. The summed E-state index contributed by atoms with van der Waals surface area (Å²) in [6.45, 7) is 6.76. The first-order valence-corrected chi connectivity index (χ1v) is 7.38. The van der Waals surface area contributed by atoms with Crippen molar-refractivity contribution in [3.63, 3.8) is 0 Å². The minimum Gasteiger partial charge on any atom is -0.375 e. The first kappa shape index (κ1) is 14.6. The third-order valence-electron chi connectivity index (χ3n) is 3.50. The quantitative estimate of drug-likeness (QED) is 0.923. The number of morpholine rings is 1. The van der Waals surface area contributed by atoms with Crippen LogP contribution in [0.25, 0.3) is 0 Å². The number of hydrogen-bond acceptors (Lipinski definition) is 3. The van der Waals surface area contributed by atoms with Crippen molar-refractivity contribution in [3.05, 3.63) is 28.8 Å². The predicted octanol–water partition coefficient (Wildman–Crippen LogP) is 2.84. The van der Waals surface area contributed by atoms with Crippen molar-refractivity contribution in [2.75, 3.05) is 24.6 Å². The molecule has 0 bridgehead atoms. The highest BCUT2D eigenvalue weighted by Crippen LogP contribution is 2.29. The van der Waals surface area contributed by atoms with E-state index in [0.717, 1.165) is 43.2 Å². The van der Waals surface area contributed by atoms with Crippen molar-refractivity contribution in [2.45, 2.75) is 38.8 Å². The molecular weight excluding hydrogens is 260 g/mol. The Morgan fingerprint density at radius 2 is 2.32 bits per heavy atom. The van der Waals surface area contributed by atoms with Gasteiger partial charge in [0.15, 0.2) is 0 Å². The number of halogens is 1. The van der Waals surface area contributed by atoms with E-state index in [0.29, 0.717) is 6.10 Å². The fourth-order valence-electron chi connectivity index (χ4n) is 2.49. The Labute approximate surface area is 120 Å². The van der Waals surface area contributed by atoms with Crippen LogP contribution >= 0.6 is 11.6 Å². The molecule has 1 aliphatic heterocycles. The minimum absolute atomic E-state index is 0.162. The summed E-state index contributed by atoms with van der Waals surface area (Å²) >= 11 is 6.41. The van der Waals surface area contributed by atoms with Crippen LogP contribution < -0.4 is 10.6 Å². The maximum Gasteiger partial charge on any atom is 0.0748 e. The molecular formula is C15H23ClN2O. The molecule has 4 heteroatoms. The van der Waals surface area contributed by atoms with Crippen LogP contribution in [0.3, 0.4) is 0 Å². The van der Waals surface area contributed by atoms with Gasteiger partial charge in [-0.05, 0) is 37.5 Å². The molecule has 3 nitrogen and oxygen atoms in total. The largest absolute Gasteiger partial charge is 0.375 e. The second-order valence-corrected chi connectivity index (χ2v) is 5.72. The average Bonchev–Trinajstić information content (AvgIpc) is 2.38. The first-order valence-electron chi connectivity index (χ1n) is 7.00. The maximum atomic E-state index is 6.41. The molecule has 19 heavy (non-hydrogen) atoms. The van der Waals surface area contributed by atoms with Gasteiger partial charge in [0.05, 0.1) is 23.4 Å². The molecule has 1 fully saturated rings. The third kappa shape index (κ3) is 3.85. The number of benzene rings is 1. The van der Waals surface area contributed by atoms with Gasteiger partial charge in [0.1, 0.15) is 0 Å². The molecule has 0 radical (unpaired) electrons. The minimum atomic E-state index is 0.162. The highest BCUT2D eigenvalue weighted by molar-refractivity contribution is 6.33. The van der Waals surface area contributed by atoms with E-state index >= 15 is 0 Å². The SMILES string of the molecule is CCC1CN(c2ccc(CC(C)N)cc2Cl)CCO1. The lowest BCUT2D eigenvalue weighted by atomic mass is 10.1. The van der Waals surface area contributed by atoms with Gasteiger partial charge in [-0.1, -0.05) is 24.6 Å². The van der Waals surface area contributed by atoms with Crippen LogP contribution in [0.5, 0.6) is 0 Å². The molecule has 1 aromatic carbocycles. The fraction of sp³-hybridized carbons (Fsp3) is 0.600. The van der Waals surface area contributed by atoms with E-state index < -0.39 is 0 Å². The molecule has 0 aliphatic carbocycles. The molecule has 0 amide bonds. The van der Waals surface area contributed by atoms with Crippen molar-refractivity contribution in [2.24, 2.45) is 5.73 Å². The lowest BCUT2D eigenvalue weighted by molar-refractivity contribution is 0.0384. The van der Waals surface area contributed by atoms with E-state index in [4.69, 9.17) is 22.1 Å². The first-order chi connectivity index (χ1) is 9.10. The number of ether oxygens (including phenoxy) is 1. The van der Waals surface area contributed by atoms with Gasteiger partial charge < -0.3 is 15.4 Å². The third-order valence-corrected chi connectivity index (χ3v) is 3.81. The monoisotopic (exact) mass is 282 g/mol. The molecule has 2 rings (SSSR count). The van der Waals surface area contributed by atoms with E-state index in [1.807, 2.05) is 13.0 Å². The summed E-state index contributed by atoms with van der Waals surface area (Å²) in [6.07, 6.45) is 2.21. The number of rotatable bonds is 4. The van der Waals surface area contributed by atoms with Gasteiger partial charge in [0.2, 0.25) is 0 Å². The zero-order valence-corrected chi connectivity index (χ0v) is 12.5. The van der Waals surface area contributed by atoms with E-state index in [9.17, 15) is 0 Å². The second kappa shape index (κ2) is 6.60. The van der Waals surface area contributed by atoms with E-state index in [2.05, 4.69) is 24.0 Å². The molecule has 2 atom stereocenters. The summed E-state index contributed by atoms with van der Waals surface area (Å²) in [7, 11) is 0. The molecule has 0 saturated carbocycles. The smallest absolute Gasteiger partial charge is 0.0748 e. The average molecular weight is 283 g/mol. The standard InChI is InChI=1S/C15H23ClN2O/c1-3-13-10-18(6-7-19-13)15-5-4-12(8-11(2)17)9-14(15)16/h4-5,9,11,13H,3,6-8,10,17H2,1-2H3. The van der Waals surface area contributed by atoms with E-state index in [1.165, 1.54) is 5.56 Å². The molecule has 2 N–H and O–H groups in total. The number of nitrogens with two attached hydrogens (primary N) is 1. The van der Waals surface area contributed by atoms with Crippen LogP contribution in [0.1, 0.15) is 25.8 Å². The van der Waals surface area contributed by atoms with Gasteiger partial charge in [0, 0.05) is 19.1 Å². The maximum absolute atomic E-state index is 6.41. The fourth-order valence-corrected chi connectivity index (χ4v) is 2.81. The van der Waals surface area contributed by atoms with Crippen molar-refractivity contribution in [1.29, 1.82) is 0 Å². The van der Waals surface area contributed by atoms with Gasteiger partial charge in [-0.3, -0.25) is 0 Å². The van der Waals surface area contributed by atoms with Crippen molar-refractivity contribution >= 4 is 17.3 Å². The van der Waals surface area contributed by atoms with Gasteiger partial charge >= 0.3 is 0 Å². The summed E-state index contributed by atoms with van der Waals surface area (Å²) in [5.74, 6) is 0. The summed E-state index contributed by atoms with van der Waals surface area (Å²) in [4.78, 5) is 2.32. The topological polar surface area (TPSA) is 38.5 Å². The molecule has 0 spiro atoms. The van der Waals surface area contributed by atoms with Crippen molar-refractivity contribution < 1.29 is 4.74 Å². The highest BCUT2D eigenvalue weighted by Gasteiger charge is 2.20. The Balaban J connectivity index is 2.11. The Morgan fingerprint density at radius 3 is 2.95 bits per heavy atom. The van der Waals surface area contributed by atoms with Crippen LogP contribution in [0.4, 0.5) is 5.69 Å². The summed E-state index contributed by atoms with van der Waals surface area (Å²) < 4.78 is 5.69. The van der Waals surface area contributed by atoms with Crippen LogP contribution in [0.15, 0.2) is 18.2 Å². The summed E-state index contributed by atoms with van der Waals surface area (Å²) in [6, 6.07) is 6.44. The molecule has 2 unspecified atom stereocenters. The molecule has 1 aliphatic rings. The Bertz CT molecular complexity index is 423. The number of anilines is 1. The highest BCUT2D eigenvalue weighted by atomic mass is 35.5.